The summed E-state index contributed by atoms with van der Waals surface area (Å²) in [5.41, 5.74) is 30.9. The Balaban J connectivity index is 0.000000132. The van der Waals surface area contributed by atoms with Crippen LogP contribution < -0.4 is 40.0 Å². The van der Waals surface area contributed by atoms with Gasteiger partial charge in [0.2, 0.25) is 0 Å². The molecular weight excluding hydrogens is 1740 g/mol. The number of hydrogen-bond donors (Lipinski definition) is 2. The fraction of sp³-hybridized carbons (Fsp3) is 0.0462. The summed E-state index contributed by atoms with van der Waals surface area (Å²) < 4.78 is 0. The summed E-state index contributed by atoms with van der Waals surface area (Å²) in [5, 5.41) is 6.64. The molecule has 12 heteroatoms. The van der Waals surface area contributed by atoms with E-state index in [-0.39, 0.29) is 23.1 Å². The summed E-state index contributed by atoms with van der Waals surface area (Å²) in [6, 6.07) is 177. The van der Waals surface area contributed by atoms with Gasteiger partial charge in [-0.25, -0.2) is 0 Å². The molecule has 0 atom stereocenters. The van der Waals surface area contributed by atoms with Crippen molar-refractivity contribution >= 4 is 137 Å². The van der Waals surface area contributed by atoms with Gasteiger partial charge < -0.3 is 40.0 Å². The molecule has 20 rings (SSSR count). The van der Waals surface area contributed by atoms with Crippen molar-refractivity contribution in [1.82, 2.24) is 0 Å². The van der Waals surface area contributed by atoms with E-state index in [1.807, 2.05) is 378 Å². The Morgan fingerprint density at radius 3 is 0.437 bits per heavy atom. The Morgan fingerprint density at radius 2 is 0.261 bits per heavy atom. The summed E-state index contributed by atoms with van der Waals surface area (Å²) in [6.45, 7) is 8.37. The quantitative estimate of drug-likeness (QED) is 0.0456. The molecule has 0 amide bonds. The maximum Gasteiger partial charge on any atom is 0.193 e. The van der Waals surface area contributed by atoms with Gasteiger partial charge in [-0.05, 0) is 367 Å². The third-order valence-corrected chi connectivity index (χ3v) is 24.5. The molecule has 2 N–H and O–H groups in total. The van der Waals surface area contributed by atoms with Crippen molar-refractivity contribution < 1.29 is 19.2 Å². The van der Waals surface area contributed by atoms with Gasteiger partial charge in [0.1, 0.15) is 0 Å². The molecule has 12 nitrogen and oxygen atoms in total. The third kappa shape index (κ3) is 24.3. The van der Waals surface area contributed by atoms with Crippen molar-refractivity contribution in [2.45, 2.75) is 27.7 Å². The zero-order chi connectivity index (χ0) is 97.9. The molecule has 20 aromatic rings. The number of nitrogens with one attached hydrogen (secondary N) is 2. The molecule has 0 aliphatic heterocycles. The van der Waals surface area contributed by atoms with E-state index in [0.717, 1.165) is 114 Å². The smallest absolute Gasteiger partial charge is 0.193 e. The second kappa shape index (κ2) is 46.3. The van der Waals surface area contributed by atoms with Gasteiger partial charge in [-0.2, -0.15) is 0 Å². The lowest BCUT2D eigenvalue weighted by atomic mass is 10.0. The summed E-state index contributed by atoms with van der Waals surface area (Å²) in [6.07, 6.45) is 0. The second-order valence-electron chi connectivity index (χ2n) is 34.5. The van der Waals surface area contributed by atoms with Crippen molar-refractivity contribution in [3.05, 3.63) is 601 Å². The number of benzene rings is 20. The fourth-order valence-electron chi connectivity index (χ4n) is 16.6. The minimum absolute atomic E-state index is 0.00227. The van der Waals surface area contributed by atoms with Gasteiger partial charge in [0.05, 0.1) is 0 Å². The zero-order valence-corrected chi connectivity index (χ0v) is 80.1. The van der Waals surface area contributed by atoms with Crippen LogP contribution in [0.5, 0.6) is 0 Å². The number of carbonyl (C=O) groups is 4. The van der Waals surface area contributed by atoms with Crippen LogP contribution in [0.1, 0.15) is 85.9 Å². The van der Waals surface area contributed by atoms with E-state index >= 15 is 0 Å². The first kappa shape index (κ1) is 95.2. The first-order chi connectivity index (χ1) is 69.5. The van der Waals surface area contributed by atoms with Gasteiger partial charge in [0.15, 0.2) is 23.1 Å². The van der Waals surface area contributed by atoms with Crippen molar-refractivity contribution in [2.75, 3.05) is 54.1 Å². The standard InChI is InChI=1S/C41H36N2O.C37H28N2O.C27H24N2O.C25H20N2O/c1-29-5-17-35(18-6-29)42(36-19-7-30(2)8-20-36)39-25-13-33(14-26-39)41(44)34-15-27-40(28-16-34)43(37-21-9-31(3)10-22-37)38-23-11-32(4)12-24-38;40-37(29-21-25-35(26-22-29)38(31-13-5-1-6-14-31)32-15-7-2-8-16-32)30-23-27-36(28-24-30)39(33-17-9-3-10-18-33)34-19-11-4-12-20-34;1-28(23-9-5-3-6-10-23)25-17-13-21(14-18-25)27(30)22-15-19-26(20-16-22)29(2)24-11-7-4-8-12-24;28-25(19-11-15-23(16-12-19)26-21-7-3-1-4-8-21)20-13-17-24(18-14-20)27-22-9-5-2-6-10-22/h5-28H,1-4H3;1-28H;3-20H,1-2H3;1-18,26-27H. The number of aryl methyl sites for hydroxylation is 4. The van der Waals surface area contributed by atoms with Gasteiger partial charge >= 0.3 is 0 Å². The minimum atomic E-state index is -0.00459. The van der Waals surface area contributed by atoms with E-state index in [2.05, 4.69) is 238 Å². The van der Waals surface area contributed by atoms with Gasteiger partial charge in [0.25, 0.3) is 0 Å². The van der Waals surface area contributed by atoms with Crippen LogP contribution in [0, 0.1) is 27.7 Å². The minimum Gasteiger partial charge on any atom is -0.356 e. The van der Waals surface area contributed by atoms with Crippen LogP contribution in [0.3, 0.4) is 0 Å². The summed E-state index contributed by atoms with van der Waals surface area (Å²) in [5.74, 6) is 0.0305. The Labute approximate surface area is 832 Å². The molecule has 0 aliphatic rings. The molecule has 20 aromatic carbocycles. The van der Waals surface area contributed by atoms with Crippen molar-refractivity contribution in [3.63, 3.8) is 0 Å². The molecule has 0 aromatic heterocycles. The predicted molar refractivity (Wildman–Crippen MR) is 591 cm³/mol. The lowest BCUT2D eigenvalue weighted by Crippen LogP contribution is -2.11. The van der Waals surface area contributed by atoms with Gasteiger partial charge in [-0.1, -0.05) is 216 Å². The van der Waals surface area contributed by atoms with Crippen LogP contribution in [0.25, 0.3) is 0 Å². The molecule has 0 aliphatic carbocycles. The largest absolute Gasteiger partial charge is 0.356 e. The van der Waals surface area contributed by atoms with Crippen LogP contribution in [-0.4, -0.2) is 37.2 Å². The summed E-state index contributed by atoms with van der Waals surface area (Å²) in [4.78, 5) is 65.7. The van der Waals surface area contributed by atoms with E-state index in [4.69, 9.17) is 0 Å². The molecule has 0 heterocycles. The van der Waals surface area contributed by atoms with Crippen molar-refractivity contribution in [3.8, 4) is 0 Å². The Kier molecular flexibility index (Phi) is 31.1. The van der Waals surface area contributed by atoms with Crippen molar-refractivity contribution in [2.24, 2.45) is 0 Å². The van der Waals surface area contributed by atoms with Crippen molar-refractivity contribution in [1.29, 1.82) is 0 Å². The maximum absolute atomic E-state index is 13.6. The molecule has 0 saturated carbocycles. The van der Waals surface area contributed by atoms with Crippen LogP contribution in [-0.2, 0) is 0 Å². The topological polar surface area (TPSA) is 112 Å². The molecule has 0 fully saturated rings. The number of nitrogens with zero attached hydrogens (tertiary/aromatic N) is 6. The Hall–Kier alpha value is -18.5. The molecule has 692 valence electrons. The van der Waals surface area contributed by atoms with Crippen LogP contribution in [0.15, 0.2) is 534 Å². The number of rotatable bonds is 28. The first-order valence-corrected chi connectivity index (χ1v) is 47.4. The molecule has 0 unspecified atom stereocenters. The molecule has 0 radical (unpaired) electrons. The van der Waals surface area contributed by atoms with Crippen LogP contribution in [0.4, 0.5) is 114 Å². The lowest BCUT2D eigenvalue weighted by molar-refractivity contribution is 0.103. The molecular formula is C130H108N8O4. The third-order valence-electron chi connectivity index (χ3n) is 24.5. The zero-order valence-electron chi connectivity index (χ0n) is 80.1. The molecule has 142 heavy (non-hydrogen) atoms. The normalized spacial score (nSPS) is 10.6. The van der Waals surface area contributed by atoms with E-state index in [0.29, 0.717) is 44.5 Å². The predicted octanol–water partition coefficient (Wildman–Crippen LogP) is 33.8. The number of para-hydroxylation sites is 8. The molecule has 0 saturated heterocycles. The van der Waals surface area contributed by atoms with Crippen LogP contribution in [0.2, 0.25) is 0 Å². The van der Waals surface area contributed by atoms with E-state index in [9.17, 15) is 19.2 Å². The lowest BCUT2D eigenvalue weighted by Gasteiger charge is -2.26. The number of anilines is 20. The Bertz CT molecular complexity index is 6840. The summed E-state index contributed by atoms with van der Waals surface area (Å²) in [7, 11) is 4.04. The second-order valence-corrected chi connectivity index (χ2v) is 34.5. The van der Waals surface area contributed by atoms with Gasteiger partial charge in [-0.3, -0.25) is 19.2 Å². The average Bonchev–Trinajstić information content (AvgIpc) is 0.775. The number of hydrogen-bond acceptors (Lipinski definition) is 12. The molecule has 0 bridgehead atoms. The highest BCUT2D eigenvalue weighted by molar-refractivity contribution is 6.12. The van der Waals surface area contributed by atoms with Gasteiger partial charge in [0, 0.05) is 172 Å². The van der Waals surface area contributed by atoms with E-state index < -0.39 is 0 Å². The summed E-state index contributed by atoms with van der Waals surface area (Å²) >= 11 is 0. The average molecular weight is 1850 g/mol. The monoisotopic (exact) mass is 1840 g/mol. The van der Waals surface area contributed by atoms with E-state index in [1.165, 1.54) is 22.3 Å². The van der Waals surface area contributed by atoms with E-state index in [1.54, 1.807) is 0 Å². The SMILES string of the molecule is CN(c1ccccc1)c1ccc(C(=O)c2ccc(N(C)c3ccccc3)cc2)cc1.Cc1ccc(N(c2ccc(C)cc2)c2ccc(C(=O)c3ccc(N(c4ccc(C)cc4)c4ccc(C)cc4)cc3)cc2)cc1.O=C(c1ccc(N(c2ccccc2)c2ccccc2)cc1)c1ccc(N(c2ccccc2)c2ccccc2)cc1.O=C(c1ccc(Nc2ccccc2)cc1)c1ccc(Nc2ccccc2)cc1. The fourth-order valence-corrected chi connectivity index (χ4v) is 16.6. The number of ketones is 4. The highest BCUT2D eigenvalue weighted by atomic mass is 16.1. The molecule has 0 spiro atoms. The Morgan fingerprint density at radius 1 is 0.141 bits per heavy atom. The highest BCUT2D eigenvalue weighted by Crippen LogP contribution is 2.41. The van der Waals surface area contributed by atoms with Crippen LogP contribution >= 0.6 is 0 Å². The highest BCUT2D eigenvalue weighted by Gasteiger charge is 2.22. The first-order valence-electron chi connectivity index (χ1n) is 47.4. The van der Waals surface area contributed by atoms with Gasteiger partial charge in [-0.15, -0.1) is 0 Å². The number of carbonyl (C=O) groups excluding carboxylic acids is 4. The maximum atomic E-state index is 13.6.